The average molecular weight is 213 g/mol. The van der Waals surface area contributed by atoms with Gasteiger partial charge in [-0.1, -0.05) is 12.0 Å². The summed E-state index contributed by atoms with van der Waals surface area (Å²) in [6.45, 7) is 3.91. The Morgan fingerprint density at radius 2 is 2.00 bits per heavy atom. The Morgan fingerprint density at radius 1 is 1.31 bits per heavy atom. The van der Waals surface area contributed by atoms with E-state index in [9.17, 15) is 9.59 Å². The molecule has 1 aromatic rings. The lowest BCUT2D eigenvalue weighted by Gasteiger charge is -2.15. The van der Waals surface area contributed by atoms with Gasteiger partial charge in [0.25, 0.3) is 11.7 Å². The Bertz CT molecular complexity index is 538. The van der Waals surface area contributed by atoms with Crippen molar-refractivity contribution in [2.75, 3.05) is 11.4 Å². The van der Waals surface area contributed by atoms with Crippen LogP contribution in [0.25, 0.3) is 0 Å². The van der Waals surface area contributed by atoms with Gasteiger partial charge in [0.2, 0.25) is 0 Å². The molecule has 1 aliphatic rings. The third kappa shape index (κ3) is 1.31. The Morgan fingerprint density at radius 3 is 2.62 bits per heavy atom. The van der Waals surface area contributed by atoms with Crippen molar-refractivity contribution in [3.05, 3.63) is 28.8 Å². The first kappa shape index (κ1) is 10.4. The van der Waals surface area contributed by atoms with Crippen LogP contribution in [0.3, 0.4) is 0 Å². The molecule has 16 heavy (non-hydrogen) atoms. The SMILES string of the molecule is C#CCN1C(=O)C(=O)c2cc(C)cc(C)c21. The molecule has 3 nitrogen and oxygen atoms in total. The minimum absolute atomic E-state index is 0.140. The number of aryl methyl sites for hydroxylation is 2. The first-order chi connectivity index (χ1) is 7.56. The second-order valence-electron chi connectivity index (χ2n) is 3.90. The molecule has 0 atom stereocenters. The lowest BCUT2D eigenvalue weighted by Crippen LogP contribution is -2.30. The van der Waals surface area contributed by atoms with E-state index in [-0.39, 0.29) is 6.54 Å². The summed E-state index contributed by atoms with van der Waals surface area (Å²) in [5.74, 6) is 1.41. The van der Waals surface area contributed by atoms with E-state index in [1.54, 1.807) is 6.07 Å². The molecule has 0 saturated heterocycles. The van der Waals surface area contributed by atoms with E-state index in [0.29, 0.717) is 11.3 Å². The maximum atomic E-state index is 11.7. The maximum absolute atomic E-state index is 11.7. The number of hydrogen-bond donors (Lipinski definition) is 0. The molecule has 0 bridgehead atoms. The average Bonchev–Trinajstić information content (AvgIpc) is 2.44. The zero-order valence-corrected chi connectivity index (χ0v) is 9.20. The zero-order chi connectivity index (χ0) is 11.9. The predicted octanol–water partition coefficient (Wildman–Crippen LogP) is 1.47. The van der Waals surface area contributed by atoms with Gasteiger partial charge in [0.15, 0.2) is 0 Å². The molecule has 0 aliphatic carbocycles. The molecule has 3 heteroatoms. The van der Waals surface area contributed by atoms with Crippen molar-refractivity contribution < 1.29 is 9.59 Å². The van der Waals surface area contributed by atoms with Crippen LogP contribution in [0.2, 0.25) is 0 Å². The van der Waals surface area contributed by atoms with Gasteiger partial charge in [-0.2, -0.15) is 0 Å². The smallest absolute Gasteiger partial charge is 0.293 e. The molecule has 0 radical (unpaired) electrons. The van der Waals surface area contributed by atoms with Gasteiger partial charge in [-0.15, -0.1) is 6.42 Å². The molecule has 2 rings (SSSR count). The van der Waals surface area contributed by atoms with Crippen molar-refractivity contribution in [2.24, 2.45) is 0 Å². The molecule has 1 aromatic carbocycles. The second kappa shape index (κ2) is 3.49. The van der Waals surface area contributed by atoms with Gasteiger partial charge in [0.1, 0.15) is 0 Å². The number of rotatable bonds is 1. The van der Waals surface area contributed by atoms with Crippen LogP contribution in [-0.2, 0) is 4.79 Å². The summed E-state index contributed by atoms with van der Waals surface area (Å²) >= 11 is 0. The highest BCUT2D eigenvalue weighted by atomic mass is 16.2. The van der Waals surface area contributed by atoms with Crippen LogP contribution in [0.15, 0.2) is 12.1 Å². The summed E-state index contributed by atoms with van der Waals surface area (Å²) in [6, 6.07) is 3.67. The van der Waals surface area contributed by atoms with Gasteiger partial charge in [0, 0.05) is 0 Å². The van der Waals surface area contributed by atoms with Crippen LogP contribution in [0, 0.1) is 26.2 Å². The molecule has 0 spiro atoms. The fraction of sp³-hybridized carbons (Fsp3) is 0.231. The van der Waals surface area contributed by atoms with Crippen molar-refractivity contribution in [3.8, 4) is 12.3 Å². The van der Waals surface area contributed by atoms with Crippen LogP contribution >= 0.6 is 0 Å². The van der Waals surface area contributed by atoms with Crippen molar-refractivity contribution in [1.29, 1.82) is 0 Å². The summed E-state index contributed by atoms with van der Waals surface area (Å²) in [5.41, 5.74) is 3.01. The highest BCUT2D eigenvalue weighted by Crippen LogP contribution is 2.32. The lowest BCUT2D eigenvalue weighted by molar-refractivity contribution is -0.114. The number of anilines is 1. The third-order valence-electron chi connectivity index (χ3n) is 2.65. The molecule has 0 aromatic heterocycles. The van der Waals surface area contributed by atoms with Gasteiger partial charge in [-0.25, -0.2) is 0 Å². The Kier molecular flexibility index (Phi) is 2.28. The summed E-state index contributed by atoms with van der Waals surface area (Å²) in [6.07, 6.45) is 5.20. The fourth-order valence-corrected chi connectivity index (χ4v) is 2.07. The highest BCUT2D eigenvalue weighted by molar-refractivity contribution is 6.52. The van der Waals surface area contributed by atoms with E-state index in [4.69, 9.17) is 6.42 Å². The van der Waals surface area contributed by atoms with Gasteiger partial charge >= 0.3 is 0 Å². The molecule has 0 saturated carbocycles. The summed E-state index contributed by atoms with van der Waals surface area (Å²) in [7, 11) is 0. The summed E-state index contributed by atoms with van der Waals surface area (Å²) in [4.78, 5) is 24.8. The largest absolute Gasteiger partial charge is 0.300 e. The molecule has 0 N–H and O–H groups in total. The fourth-order valence-electron chi connectivity index (χ4n) is 2.07. The van der Waals surface area contributed by atoms with E-state index in [1.807, 2.05) is 19.9 Å². The number of fused-ring (bicyclic) bond motifs is 1. The summed E-state index contributed by atoms with van der Waals surface area (Å²) in [5, 5.41) is 0. The highest BCUT2D eigenvalue weighted by Gasteiger charge is 2.36. The van der Waals surface area contributed by atoms with Crippen LogP contribution in [0.5, 0.6) is 0 Å². The third-order valence-corrected chi connectivity index (χ3v) is 2.65. The maximum Gasteiger partial charge on any atom is 0.300 e. The van der Waals surface area contributed by atoms with Crippen LogP contribution in [-0.4, -0.2) is 18.2 Å². The molecule has 1 heterocycles. The first-order valence-corrected chi connectivity index (χ1v) is 4.97. The zero-order valence-electron chi connectivity index (χ0n) is 9.20. The Balaban J connectivity index is 2.66. The van der Waals surface area contributed by atoms with Crippen molar-refractivity contribution in [1.82, 2.24) is 0 Å². The number of Topliss-reactive ketones (excluding diaryl/α,β-unsaturated/α-hetero) is 1. The summed E-state index contributed by atoms with van der Waals surface area (Å²) < 4.78 is 0. The minimum atomic E-state index is -0.526. The number of amides is 1. The van der Waals surface area contributed by atoms with Crippen molar-refractivity contribution >= 4 is 17.4 Å². The van der Waals surface area contributed by atoms with Gasteiger partial charge in [-0.05, 0) is 31.0 Å². The lowest BCUT2D eigenvalue weighted by atomic mass is 10.0. The number of nitrogens with zero attached hydrogens (tertiary/aromatic N) is 1. The normalized spacial score (nSPS) is 13.9. The standard InChI is InChI=1S/C13H11NO2/c1-4-5-14-11-9(3)6-8(2)7-10(11)12(15)13(14)16/h1,6-7H,5H2,2-3H3. The van der Waals surface area contributed by atoms with Gasteiger partial charge < -0.3 is 0 Å². The number of benzene rings is 1. The van der Waals surface area contributed by atoms with Crippen LogP contribution < -0.4 is 4.90 Å². The van der Waals surface area contributed by atoms with Gasteiger partial charge in [-0.3, -0.25) is 14.5 Å². The number of carbonyl (C=O) groups excluding carboxylic acids is 2. The van der Waals surface area contributed by atoms with E-state index in [0.717, 1.165) is 11.1 Å². The van der Waals surface area contributed by atoms with E-state index in [1.165, 1.54) is 4.90 Å². The second-order valence-corrected chi connectivity index (χ2v) is 3.90. The van der Waals surface area contributed by atoms with Crippen molar-refractivity contribution in [3.63, 3.8) is 0 Å². The van der Waals surface area contributed by atoms with Gasteiger partial charge in [0.05, 0.1) is 17.8 Å². The number of terminal acetylenes is 1. The number of ketones is 1. The first-order valence-electron chi connectivity index (χ1n) is 4.97. The topological polar surface area (TPSA) is 37.4 Å². The molecule has 80 valence electrons. The van der Waals surface area contributed by atoms with Crippen LogP contribution in [0.1, 0.15) is 21.5 Å². The van der Waals surface area contributed by atoms with Crippen molar-refractivity contribution in [2.45, 2.75) is 13.8 Å². The Hall–Kier alpha value is -2.08. The number of carbonyl (C=O) groups is 2. The molecule has 1 amide bonds. The quantitative estimate of drug-likeness (QED) is 0.523. The van der Waals surface area contributed by atoms with E-state index >= 15 is 0 Å². The monoisotopic (exact) mass is 213 g/mol. The Labute approximate surface area is 94.1 Å². The molecule has 1 aliphatic heterocycles. The molecule has 0 fully saturated rings. The molecular weight excluding hydrogens is 202 g/mol. The van der Waals surface area contributed by atoms with Crippen LogP contribution in [0.4, 0.5) is 5.69 Å². The minimum Gasteiger partial charge on any atom is -0.293 e. The molecule has 0 unspecified atom stereocenters. The van der Waals surface area contributed by atoms with E-state index < -0.39 is 11.7 Å². The van der Waals surface area contributed by atoms with E-state index in [2.05, 4.69) is 5.92 Å². The molecular formula is C13H11NO2. The predicted molar refractivity (Wildman–Crippen MR) is 61.4 cm³/mol. The number of hydrogen-bond acceptors (Lipinski definition) is 2.